The number of esters is 1. The number of carbonyl (C=O) groups is 2. The first kappa shape index (κ1) is 14.1. The molecule has 0 spiro atoms. The van der Waals surface area contributed by atoms with Gasteiger partial charge in [0.1, 0.15) is 5.75 Å². The lowest BCUT2D eigenvalue weighted by molar-refractivity contribution is 0.0731. The van der Waals surface area contributed by atoms with E-state index in [1.807, 2.05) is 0 Å². The highest BCUT2D eigenvalue weighted by atomic mass is 16.5. The number of nitrogens with two attached hydrogens (primary N) is 2. The Kier molecular flexibility index (Phi) is 3.55. The van der Waals surface area contributed by atoms with E-state index in [0.717, 1.165) is 12.0 Å². The number of hydrogen-bond donors (Lipinski definition) is 2. The molecule has 5 nitrogen and oxygen atoms in total. The van der Waals surface area contributed by atoms with E-state index < -0.39 is 11.9 Å². The summed E-state index contributed by atoms with van der Waals surface area (Å²) in [5, 5.41) is 0. The molecule has 1 heterocycles. The second kappa shape index (κ2) is 5.52. The highest BCUT2D eigenvalue weighted by Gasteiger charge is 2.21. The third-order valence-electron chi connectivity index (χ3n) is 3.82. The number of primary amides is 1. The molecule has 0 aliphatic carbocycles. The van der Waals surface area contributed by atoms with Crippen molar-refractivity contribution in [3.8, 4) is 5.75 Å². The van der Waals surface area contributed by atoms with Gasteiger partial charge in [-0.3, -0.25) is 4.79 Å². The van der Waals surface area contributed by atoms with Crippen molar-refractivity contribution in [2.75, 3.05) is 5.73 Å². The van der Waals surface area contributed by atoms with Crippen LogP contribution in [0.15, 0.2) is 36.4 Å². The molecule has 1 amide bonds. The Bertz CT molecular complexity index is 768. The van der Waals surface area contributed by atoms with Crippen LogP contribution in [0.2, 0.25) is 0 Å². The fourth-order valence-electron chi connectivity index (χ4n) is 2.78. The standard InChI is InChI=1S/C17H16N2O3/c18-11-7-8-12-10(9-11)3-1-4-13-14(16(19)20)5-2-6-15(13)22-17(12)21/h2,5-9H,1,3-4,18H2,(H2,19,20). The minimum absolute atomic E-state index is 0.394. The van der Waals surface area contributed by atoms with Gasteiger partial charge in [-0.25, -0.2) is 4.79 Å². The van der Waals surface area contributed by atoms with Crippen LogP contribution in [0, 0.1) is 0 Å². The van der Waals surface area contributed by atoms with E-state index in [0.29, 0.717) is 41.0 Å². The average Bonchev–Trinajstić information content (AvgIpc) is 2.54. The van der Waals surface area contributed by atoms with E-state index in [2.05, 4.69) is 0 Å². The summed E-state index contributed by atoms with van der Waals surface area (Å²) in [6.45, 7) is 0. The van der Waals surface area contributed by atoms with Crippen molar-refractivity contribution in [2.24, 2.45) is 5.73 Å². The number of aryl methyl sites for hydroxylation is 1. The Morgan fingerprint density at radius 3 is 2.73 bits per heavy atom. The predicted octanol–water partition coefficient (Wildman–Crippen LogP) is 2.08. The number of anilines is 1. The van der Waals surface area contributed by atoms with E-state index in [-0.39, 0.29) is 0 Å². The topological polar surface area (TPSA) is 95.4 Å². The van der Waals surface area contributed by atoms with Crippen molar-refractivity contribution in [1.82, 2.24) is 0 Å². The SMILES string of the molecule is NC(=O)c1cccc2c1CCCc1cc(N)ccc1C(=O)O2. The molecule has 0 aromatic heterocycles. The van der Waals surface area contributed by atoms with Crippen molar-refractivity contribution in [3.05, 3.63) is 58.7 Å². The molecule has 0 bridgehead atoms. The summed E-state index contributed by atoms with van der Waals surface area (Å²) in [6.07, 6.45) is 2.06. The molecule has 3 rings (SSSR count). The molecule has 4 N–H and O–H groups in total. The number of amides is 1. The Balaban J connectivity index is 2.07. The summed E-state index contributed by atoms with van der Waals surface area (Å²) < 4.78 is 5.49. The molecule has 0 fully saturated rings. The van der Waals surface area contributed by atoms with Crippen LogP contribution in [0.3, 0.4) is 0 Å². The van der Waals surface area contributed by atoms with Gasteiger partial charge in [-0.15, -0.1) is 0 Å². The van der Waals surface area contributed by atoms with Crippen molar-refractivity contribution < 1.29 is 14.3 Å². The second-order valence-corrected chi connectivity index (χ2v) is 5.31. The molecule has 0 unspecified atom stereocenters. The predicted molar refractivity (Wildman–Crippen MR) is 82.8 cm³/mol. The Labute approximate surface area is 127 Å². The lowest BCUT2D eigenvalue weighted by Crippen LogP contribution is -2.16. The molecule has 1 aliphatic heterocycles. The van der Waals surface area contributed by atoms with Crippen LogP contribution in [0.4, 0.5) is 5.69 Å². The van der Waals surface area contributed by atoms with Crippen LogP contribution in [-0.2, 0) is 12.8 Å². The molecule has 112 valence electrons. The first-order valence-corrected chi connectivity index (χ1v) is 7.08. The summed E-state index contributed by atoms with van der Waals surface area (Å²) in [6, 6.07) is 10.1. The maximum Gasteiger partial charge on any atom is 0.343 e. The number of fused-ring (bicyclic) bond motifs is 2. The van der Waals surface area contributed by atoms with Crippen LogP contribution in [0.5, 0.6) is 5.75 Å². The van der Waals surface area contributed by atoms with Gasteiger partial charge in [-0.05, 0) is 55.2 Å². The maximum atomic E-state index is 12.4. The first-order valence-electron chi connectivity index (χ1n) is 7.08. The van der Waals surface area contributed by atoms with E-state index in [1.165, 1.54) is 0 Å². The van der Waals surface area contributed by atoms with Gasteiger partial charge in [0.2, 0.25) is 5.91 Å². The van der Waals surface area contributed by atoms with Crippen LogP contribution < -0.4 is 16.2 Å². The van der Waals surface area contributed by atoms with Gasteiger partial charge < -0.3 is 16.2 Å². The van der Waals surface area contributed by atoms with Gasteiger partial charge in [-0.1, -0.05) is 6.07 Å². The lowest BCUT2D eigenvalue weighted by atomic mass is 9.97. The minimum Gasteiger partial charge on any atom is -0.423 e. The Hall–Kier alpha value is -2.82. The van der Waals surface area contributed by atoms with Crippen molar-refractivity contribution >= 4 is 17.6 Å². The van der Waals surface area contributed by atoms with Gasteiger partial charge in [-0.2, -0.15) is 0 Å². The highest BCUT2D eigenvalue weighted by Crippen LogP contribution is 2.28. The third kappa shape index (κ3) is 2.53. The van der Waals surface area contributed by atoms with Crippen molar-refractivity contribution in [1.29, 1.82) is 0 Å². The molecule has 0 saturated heterocycles. The van der Waals surface area contributed by atoms with E-state index >= 15 is 0 Å². The number of nitrogen functional groups attached to an aromatic ring is 1. The number of benzene rings is 2. The third-order valence-corrected chi connectivity index (χ3v) is 3.82. The van der Waals surface area contributed by atoms with E-state index in [9.17, 15) is 9.59 Å². The number of hydrogen-bond acceptors (Lipinski definition) is 4. The molecule has 1 aliphatic rings. The van der Waals surface area contributed by atoms with E-state index in [1.54, 1.807) is 36.4 Å². The maximum absolute atomic E-state index is 12.4. The summed E-state index contributed by atoms with van der Waals surface area (Å²) >= 11 is 0. The summed E-state index contributed by atoms with van der Waals surface area (Å²) in [5.41, 5.74) is 14.3. The second-order valence-electron chi connectivity index (χ2n) is 5.31. The molecule has 22 heavy (non-hydrogen) atoms. The molecule has 0 atom stereocenters. The smallest absolute Gasteiger partial charge is 0.343 e. The minimum atomic E-state index is -0.520. The number of rotatable bonds is 1. The zero-order valence-electron chi connectivity index (χ0n) is 12.0. The fraction of sp³-hybridized carbons (Fsp3) is 0.176. The van der Waals surface area contributed by atoms with Crippen molar-refractivity contribution in [2.45, 2.75) is 19.3 Å². The monoisotopic (exact) mass is 296 g/mol. The quantitative estimate of drug-likeness (QED) is 0.478. The molecular formula is C17H16N2O3. The molecule has 0 saturated carbocycles. The van der Waals surface area contributed by atoms with Gasteiger partial charge in [0.05, 0.1) is 5.56 Å². The molecular weight excluding hydrogens is 280 g/mol. The summed E-state index contributed by atoms with van der Waals surface area (Å²) in [7, 11) is 0. The van der Waals surface area contributed by atoms with Gasteiger partial charge in [0.25, 0.3) is 0 Å². The van der Waals surface area contributed by atoms with E-state index in [4.69, 9.17) is 16.2 Å². The van der Waals surface area contributed by atoms with Gasteiger partial charge >= 0.3 is 5.97 Å². The fourth-order valence-corrected chi connectivity index (χ4v) is 2.78. The molecule has 2 aromatic carbocycles. The lowest BCUT2D eigenvalue weighted by Gasteiger charge is -2.11. The molecule has 5 heteroatoms. The van der Waals surface area contributed by atoms with Crippen LogP contribution in [0.25, 0.3) is 0 Å². The zero-order chi connectivity index (χ0) is 15.7. The largest absolute Gasteiger partial charge is 0.423 e. The Morgan fingerprint density at radius 2 is 1.95 bits per heavy atom. The number of carbonyl (C=O) groups excluding carboxylic acids is 2. The first-order chi connectivity index (χ1) is 10.6. The summed E-state index contributed by atoms with van der Waals surface area (Å²) in [5.74, 6) is -0.570. The van der Waals surface area contributed by atoms with Crippen LogP contribution in [-0.4, -0.2) is 11.9 Å². The highest BCUT2D eigenvalue weighted by molar-refractivity contribution is 5.97. The average molecular weight is 296 g/mol. The van der Waals surface area contributed by atoms with Gasteiger partial charge in [0, 0.05) is 16.8 Å². The molecule has 2 aromatic rings. The van der Waals surface area contributed by atoms with Crippen LogP contribution >= 0.6 is 0 Å². The van der Waals surface area contributed by atoms with Crippen LogP contribution in [0.1, 0.15) is 38.3 Å². The summed E-state index contributed by atoms with van der Waals surface area (Å²) in [4.78, 5) is 24.0. The normalized spacial score (nSPS) is 13.9. The van der Waals surface area contributed by atoms with Gasteiger partial charge in [0.15, 0.2) is 0 Å². The number of ether oxygens (including phenoxy) is 1. The Morgan fingerprint density at radius 1 is 1.14 bits per heavy atom. The molecule has 0 radical (unpaired) electrons. The zero-order valence-corrected chi connectivity index (χ0v) is 12.0. The van der Waals surface area contributed by atoms with Crippen molar-refractivity contribution in [3.63, 3.8) is 0 Å².